The fourth-order valence-electron chi connectivity index (χ4n) is 1.83. The lowest BCUT2D eigenvalue weighted by Gasteiger charge is -2.35. The molecule has 0 fully saturated rings. The molecule has 0 radical (unpaired) electrons. The average molecular weight is 330 g/mol. The van der Waals surface area contributed by atoms with Gasteiger partial charge in [0.15, 0.2) is 0 Å². The van der Waals surface area contributed by atoms with Gasteiger partial charge in [-0.15, -0.1) is 5.92 Å². The lowest BCUT2D eigenvalue weighted by atomic mass is 9.94. The maximum atomic E-state index is 12.4. The van der Waals surface area contributed by atoms with Crippen LogP contribution in [-0.2, 0) is 10.0 Å². The van der Waals surface area contributed by atoms with Crippen LogP contribution in [0, 0.1) is 17.8 Å². The molecule has 0 aliphatic rings. The summed E-state index contributed by atoms with van der Waals surface area (Å²) in [5.74, 6) is 4.77. The second-order valence-corrected chi connectivity index (χ2v) is 7.10. The number of sulfonamides is 1. The second-order valence-electron chi connectivity index (χ2n) is 4.79. The van der Waals surface area contributed by atoms with Crippen LogP contribution in [0.15, 0.2) is 35.2 Å². The molecule has 0 aromatic heterocycles. The molecule has 3 atom stereocenters. The zero-order chi connectivity index (χ0) is 16.1. The number of halogens is 1. The first-order valence-corrected chi connectivity index (χ1v) is 8.52. The van der Waals surface area contributed by atoms with Crippen LogP contribution in [0.2, 0.25) is 0 Å². The van der Waals surface area contributed by atoms with Crippen molar-refractivity contribution in [3.8, 4) is 11.8 Å². The van der Waals surface area contributed by atoms with Gasteiger partial charge in [0, 0.05) is 0 Å². The zero-order valence-electron chi connectivity index (χ0n) is 12.3. The Bertz CT molecular complexity index is 621. The average Bonchev–Trinajstić information content (AvgIpc) is 2.47. The maximum absolute atomic E-state index is 12.4. The standard InChI is InChI=1S/C15H20ClNO3S/c1-4-9-14(18)15(16,12(3)5-2)17-21(19,20)13-10-7-6-8-11-13/h6-8,10-12,14,17-18H,5H2,1-3H3/t12-,14-,15+/m0/s1. The van der Waals surface area contributed by atoms with Crippen molar-refractivity contribution < 1.29 is 13.5 Å². The van der Waals surface area contributed by atoms with E-state index < -0.39 is 21.1 Å². The minimum absolute atomic E-state index is 0.0926. The number of benzene rings is 1. The molecule has 1 aromatic carbocycles. The smallest absolute Gasteiger partial charge is 0.242 e. The highest BCUT2D eigenvalue weighted by Crippen LogP contribution is 2.31. The van der Waals surface area contributed by atoms with Crippen LogP contribution in [0.4, 0.5) is 0 Å². The van der Waals surface area contributed by atoms with E-state index in [1.165, 1.54) is 12.1 Å². The first kappa shape index (κ1) is 18.0. The Balaban J connectivity index is 3.20. The summed E-state index contributed by atoms with van der Waals surface area (Å²) in [7, 11) is -3.85. The minimum atomic E-state index is -3.85. The van der Waals surface area contributed by atoms with E-state index >= 15 is 0 Å². The van der Waals surface area contributed by atoms with Crippen molar-refractivity contribution >= 4 is 21.6 Å². The molecule has 0 spiro atoms. The van der Waals surface area contributed by atoms with Crippen molar-refractivity contribution in [3.63, 3.8) is 0 Å². The van der Waals surface area contributed by atoms with Crippen molar-refractivity contribution in [1.82, 2.24) is 4.72 Å². The molecule has 0 unspecified atom stereocenters. The number of aliphatic hydroxyl groups is 1. The van der Waals surface area contributed by atoms with E-state index in [4.69, 9.17) is 11.6 Å². The normalized spacial score (nSPS) is 17.2. The van der Waals surface area contributed by atoms with Crippen molar-refractivity contribution in [2.75, 3.05) is 0 Å². The molecule has 1 rings (SSSR count). The van der Waals surface area contributed by atoms with E-state index in [9.17, 15) is 13.5 Å². The Labute approximate surface area is 131 Å². The maximum Gasteiger partial charge on any atom is 0.242 e. The topological polar surface area (TPSA) is 66.4 Å². The predicted molar refractivity (Wildman–Crippen MR) is 84.3 cm³/mol. The summed E-state index contributed by atoms with van der Waals surface area (Å²) in [4.78, 5) is -1.48. The van der Waals surface area contributed by atoms with Gasteiger partial charge >= 0.3 is 0 Å². The van der Waals surface area contributed by atoms with E-state index in [2.05, 4.69) is 16.6 Å². The van der Waals surface area contributed by atoms with Gasteiger partial charge in [-0.1, -0.05) is 56.0 Å². The number of aliphatic hydroxyl groups excluding tert-OH is 1. The predicted octanol–water partition coefficient (Wildman–Crippen LogP) is 2.33. The van der Waals surface area contributed by atoms with Gasteiger partial charge in [-0.2, -0.15) is 4.72 Å². The summed E-state index contributed by atoms with van der Waals surface area (Å²) in [6.07, 6.45) is -0.721. The number of nitrogens with one attached hydrogen (secondary N) is 1. The largest absolute Gasteiger partial charge is 0.377 e. The fourth-order valence-corrected chi connectivity index (χ4v) is 3.70. The van der Waals surface area contributed by atoms with Gasteiger partial charge in [0.2, 0.25) is 10.0 Å². The number of alkyl halides is 1. The van der Waals surface area contributed by atoms with Gasteiger partial charge < -0.3 is 5.11 Å². The highest BCUT2D eigenvalue weighted by molar-refractivity contribution is 7.89. The Morgan fingerprint density at radius 1 is 1.38 bits per heavy atom. The monoisotopic (exact) mass is 329 g/mol. The molecule has 0 amide bonds. The van der Waals surface area contributed by atoms with Gasteiger partial charge in [0.05, 0.1) is 4.90 Å². The molecular weight excluding hydrogens is 310 g/mol. The van der Waals surface area contributed by atoms with Crippen molar-refractivity contribution in [1.29, 1.82) is 0 Å². The fraction of sp³-hybridized carbons (Fsp3) is 0.467. The Morgan fingerprint density at radius 2 is 1.95 bits per heavy atom. The van der Waals surface area contributed by atoms with Gasteiger partial charge in [0.1, 0.15) is 11.1 Å². The Kier molecular flexibility index (Phi) is 6.24. The van der Waals surface area contributed by atoms with E-state index in [1.54, 1.807) is 32.0 Å². The van der Waals surface area contributed by atoms with E-state index in [0.717, 1.165) is 0 Å². The van der Waals surface area contributed by atoms with Crippen LogP contribution in [-0.4, -0.2) is 24.6 Å². The zero-order valence-corrected chi connectivity index (χ0v) is 13.9. The molecule has 0 saturated heterocycles. The Hall–Kier alpha value is -1.06. The minimum Gasteiger partial charge on any atom is -0.377 e. The summed E-state index contributed by atoms with van der Waals surface area (Å²) >= 11 is 6.41. The van der Waals surface area contributed by atoms with E-state index in [-0.39, 0.29) is 10.8 Å². The first-order valence-electron chi connectivity index (χ1n) is 6.66. The first-order chi connectivity index (χ1) is 9.78. The molecule has 0 bridgehead atoms. The van der Waals surface area contributed by atoms with Crippen molar-refractivity contribution in [3.05, 3.63) is 30.3 Å². The van der Waals surface area contributed by atoms with Crippen LogP contribution < -0.4 is 4.72 Å². The SMILES string of the molecule is CC#C[C@H](O)[C@](Cl)(NS(=O)(=O)c1ccccc1)[C@@H](C)CC. The quantitative estimate of drug-likeness (QED) is 0.478. The van der Waals surface area contributed by atoms with Crippen LogP contribution >= 0.6 is 11.6 Å². The third-order valence-electron chi connectivity index (χ3n) is 3.35. The molecule has 0 heterocycles. The second kappa shape index (κ2) is 7.28. The lowest BCUT2D eigenvalue weighted by molar-refractivity contribution is 0.135. The molecule has 4 nitrogen and oxygen atoms in total. The van der Waals surface area contributed by atoms with E-state index in [0.29, 0.717) is 6.42 Å². The molecule has 0 saturated carbocycles. The lowest BCUT2D eigenvalue weighted by Crippen LogP contribution is -2.56. The Morgan fingerprint density at radius 3 is 2.43 bits per heavy atom. The number of rotatable bonds is 6. The third-order valence-corrected chi connectivity index (χ3v) is 5.64. The molecule has 0 aliphatic carbocycles. The summed E-state index contributed by atoms with van der Waals surface area (Å²) in [5.41, 5.74) is 0. The summed E-state index contributed by atoms with van der Waals surface area (Å²) < 4.78 is 27.3. The van der Waals surface area contributed by atoms with Crippen LogP contribution in [0.3, 0.4) is 0 Å². The molecular formula is C15H20ClNO3S. The highest BCUT2D eigenvalue weighted by Gasteiger charge is 2.43. The summed E-state index contributed by atoms with van der Waals surface area (Å²) in [5, 5.41) is 10.1. The van der Waals surface area contributed by atoms with E-state index in [1.807, 2.05) is 6.92 Å². The summed E-state index contributed by atoms with van der Waals surface area (Å²) in [6, 6.07) is 7.90. The van der Waals surface area contributed by atoms with Crippen molar-refractivity contribution in [2.24, 2.45) is 5.92 Å². The van der Waals surface area contributed by atoms with Gasteiger partial charge in [0.25, 0.3) is 0 Å². The summed E-state index contributed by atoms with van der Waals surface area (Å²) in [6.45, 7) is 5.19. The van der Waals surface area contributed by atoms with Gasteiger partial charge in [-0.05, 0) is 25.0 Å². The van der Waals surface area contributed by atoms with Crippen molar-refractivity contribution in [2.45, 2.75) is 43.2 Å². The molecule has 0 aliphatic heterocycles. The van der Waals surface area contributed by atoms with Crippen LogP contribution in [0.1, 0.15) is 27.2 Å². The van der Waals surface area contributed by atoms with Gasteiger partial charge in [-0.3, -0.25) is 0 Å². The molecule has 1 aromatic rings. The molecule has 2 N–H and O–H groups in total. The number of hydrogen-bond acceptors (Lipinski definition) is 3. The van der Waals surface area contributed by atoms with Crippen LogP contribution in [0.25, 0.3) is 0 Å². The molecule has 6 heteroatoms. The highest BCUT2D eigenvalue weighted by atomic mass is 35.5. The number of hydrogen-bond donors (Lipinski definition) is 2. The van der Waals surface area contributed by atoms with Gasteiger partial charge in [-0.25, -0.2) is 8.42 Å². The van der Waals surface area contributed by atoms with Crippen LogP contribution in [0.5, 0.6) is 0 Å². The molecule has 21 heavy (non-hydrogen) atoms. The molecule has 116 valence electrons. The third kappa shape index (κ3) is 4.21.